The molecule has 1 nitrogen and oxygen atoms in total. The topological polar surface area (TPSA) is 9.23 Å². The standard InChI is InChI=1S/C31H32OS/c1-31(2,3)18-7-5-6-10-28(23-32-4)21-27-13-8-11-25(20-27)15-16-26-12-9-14-29(22-26)30-17-19-33-24-30/h8-9,11-17,19-20,22,24,28H,10,21,23H2,1-4H3/b16-15+. The summed E-state index contributed by atoms with van der Waals surface area (Å²) < 4.78 is 5.45. The third-order valence-electron chi connectivity index (χ3n) is 5.07. The Hall–Kier alpha value is -3.04. The van der Waals surface area contributed by atoms with E-state index in [0.717, 1.165) is 12.8 Å². The molecule has 1 unspecified atom stereocenters. The van der Waals surface area contributed by atoms with Crippen LogP contribution in [0.1, 0.15) is 43.9 Å². The first kappa shape index (κ1) is 24.6. The molecule has 3 aromatic rings. The van der Waals surface area contributed by atoms with Crippen molar-refractivity contribution in [2.75, 3.05) is 13.7 Å². The van der Waals surface area contributed by atoms with E-state index in [2.05, 4.69) is 122 Å². The van der Waals surface area contributed by atoms with Gasteiger partial charge in [-0.15, -0.1) is 0 Å². The van der Waals surface area contributed by atoms with Gasteiger partial charge in [0.1, 0.15) is 0 Å². The minimum absolute atomic E-state index is 0.0141. The molecule has 0 fully saturated rings. The van der Waals surface area contributed by atoms with Gasteiger partial charge >= 0.3 is 0 Å². The molecule has 1 atom stereocenters. The zero-order valence-electron chi connectivity index (χ0n) is 20.0. The molecule has 168 valence electrons. The Kier molecular flexibility index (Phi) is 9.14. The van der Waals surface area contributed by atoms with Crippen LogP contribution >= 0.6 is 11.3 Å². The highest BCUT2D eigenvalue weighted by Crippen LogP contribution is 2.24. The van der Waals surface area contributed by atoms with Crippen molar-refractivity contribution < 1.29 is 4.74 Å². The van der Waals surface area contributed by atoms with E-state index in [9.17, 15) is 0 Å². The highest BCUT2D eigenvalue weighted by molar-refractivity contribution is 7.08. The molecule has 1 aromatic heterocycles. The highest BCUT2D eigenvalue weighted by atomic mass is 32.1. The van der Waals surface area contributed by atoms with Crippen LogP contribution < -0.4 is 0 Å². The van der Waals surface area contributed by atoms with Gasteiger partial charge in [0.2, 0.25) is 0 Å². The van der Waals surface area contributed by atoms with Crippen molar-refractivity contribution in [2.45, 2.75) is 33.6 Å². The average molecular weight is 453 g/mol. The number of benzene rings is 2. The smallest absolute Gasteiger partial charge is 0.0502 e. The monoisotopic (exact) mass is 452 g/mol. The van der Waals surface area contributed by atoms with Crippen molar-refractivity contribution in [1.82, 2.24) is 0 Å². The number of methoxy groups -OCH3 is 1. The van der Waals surface area contributed by atoms with Crippen molar-refractivity contribution in [3.63, 3.8) is 0 Å². The van der Waals surface area contributed by atoms with Gasteiger partial charge in [-0.2, -0.15) is 11.3 Å². The van der Waals surface area contributed by atoms with Gasteiger partial charge in [-0.3, -0.25) is 0 Å². The molecule has 0 radical (unpaired) electrons. The van der Waals surface area contributed by atoms with Crippen molar-refractivity contribution in [2.24, 2.45) is 11.3 Å². The molecular formula is C31H32OS. The summed E-state index contributed by atoms with van der Waals surface area (Å²) in [6, 6.07) is 19.5. The summed E-state index contributed by atoms with van der Waals surface area (Å²) in [7, 11) is 1.75. The number of hydrogen-bond acceptors (Lipinski definition) is 2. The number of hydrogen-bond donors (Lipinski definition) is 0. The van der Waals surface area contributed by atoms with E-state index in [1.807, 2.05) is 0 Å². The van der Waals surface area contributed by atoms with E-state index < -0.39 is 0 Å². The fraction of sp³-hybridized carbons (Fsp3) is 0.290. The predicted octanol–water partition coefficient (Wildman–Crippen LogP) is 7.83. The molecule has 0 aliphatic heterocycles. The van der Waals surface area contributed by atoms with Crippen molar-refractivity contribution in [3.8, 4) is 34.8 Å². The molecule has 2 heteroatoms. The summed E-state index contributed by atoms with van der Waals surface area (Å²) in [6.07, 6.45) is 6.08. The lowest BCUT2D eigenvalue weighted by Crippen LogP contribution is -2.11. The van der Waals surface area contributed by atoms with Gasteiger partial charge in [0, 0.05) is 18.9 Å². The lowest BCUT2D eigenvalue weighted by Gasteiger charge is -2.13. The lowest BCUT2D eigenvalue weighted by molar-refractivity contribution is 0.154. The van der Waals surface area contributed by atoms with E-state index in [-0.39, 0.29) is 5.41 Å². The van der Waals surface area contributed by atoms with Gasteiger partial charge in [-0.25, -0.2) is 0 Å². The Bertz CT molecular complexity index is 1170. The molecule has 0 aliphatic carbocycles. The molecule has 0 amide bonds. The molecule has 0 aliphatic rings. The van der Waals surface area contributed by atoms with Crippen LogP contribution in [0.4, 0.5) is 0 Å². The summed E-state index contributed by atoms with van der Waals surface area (Å²) in [5, 5.41) is 4.30. The van der Waals surface area contributed by atoms with Crippen LogP contribution in [0.2, 0.25) is 0 Å². The summed E-state index contributed by atoms with van der Waals surface area (Å²) in [4.78, 5) is 0. The van der Waals surface area contributed by atoms with Crippen LogP contribution in [0.25, 0.3) is 23.3 Å². The van der Waals surface area contributed by atoms with Crippen molar-refractivity contribution >= 4 is 23.5 Å². The maximum Gasteiger partial charge on any atom is 0.0502 e. The minimum atomic E-state index is -0.0141. The zero-order chi connectivity index (χ0) is 23.5. The van der Waals surface area contributed by atoms with Crippen LogP contribution in [0, 0.1) is 35.0 Å². The first-order chi connectivity index (χ1) is 15.9. The van der Waals surface area contributed by atoms with Crippen LogP contribution in [-0.4, -0.2) is 13.7 Å². The molecule has 0 spiro atoms. The number of ether oxygens (including phenoxy) is 1. The fourth-order valence-corrected chi connectivity index (χ4v) is 4.15. The third-order valence-corrected chi connectivity index (χ3v) is 5.75. The zero-order valence-corrected chi connectivity index (χ0v) is 20.8. The van der Waals surface area contributed by atoms with Crippen LogP contribution in [-0.2, 0) is 11.2 Å². The van der Waals surface area contributed by atoms with E-state index in [1.165, 1.54) is 27.8 Å². The van der Waals surface area contributed by atoms with E-state index in [0.29, 0.717) is 12.5 Å². The van der Waals surface area contributed by atoms with E-state index in [1.54, 1.807) is 18.4 Å². The second-order valence-electron chi connectivity index (χ2n) is 9.25. The maximum atomic E-state index is 5.45. The Morgan fingerprint density at radius 3 is 2.39 bits per heavy atom. The van der Waals surface area contributed by atoms with Gasteiger partial charge in [0.05, 0.1) is 6.61 Å². The summed E-state index contributed by atoms with van der Waals surface area (Å²) >= 11 is 1.73. The first-order valence-electron chi connectivity index (χ1n) is 11.3. The molecule has 1 heterocycles. The van der Waals surface area contributed by atoms with E-state index >= 15 is 0 Å². The highest BCUT2D eigenvalue weighted by Gasteiger charge is 2.09. The lowest BCUT2D eigenvalue weighted by atomic mass is 9.95. The first-order valence-corrected chi connectivity index (χ1v) is 12.3. The number of rotatable bonds is 8. The summed E-state index contributed by atoms with van der Waals surface area (Å²) in [6.45, 7) is 6.97. The molecular weight excluding hydrogens is 420 g/mol. The van der Waals surface area contributed by atoms with Crippen LogP contribution in [0.3, 0.4) is 0 Å². The molecule has 33 heavy (non-hydrogen) atoms. The minimum Gasteiger partial charge on any atom is -0.384 e. The van der Waals surface area contributed by atoms with Crippen molar-refractivity contribution in [3.05, 3.63) is 82.0 Å². The van der Waals surface area contributed by atoms with Gasteiger partial charge in [-0.05, 0) is 95.7 Å². The molecule has 0 bridgehead atoms. The Morgan fingerprint density at radius 1 is 0.939 bits per heavy atom. The van der Waals surface area contributed by atoms with Crippen molar-refractivity contribution in [1.29, 1.82) is 0 Å². The Morgan fingerprint density at radius 2 is 1.70 bits per heavy atom. The van der Waals surface area contributed by atoms with E-state index in [4.69, 9.17) is 4.74 Å². The second-order valence-corrected chi connectivity index (χ2v) is 10.0. The fourth-order valence-electron chi connectivity index (χ4n) is 3.48. The molecule has 0 N–H and O–H groups in total. The Labute approximate surface area is 203 Å². The van der Waals surface area contributed by atoms with Crippen LogP contribution in [0.15, 0.2) is 65.4 Å². The normalized spacial score (nSPS) is 12.0. The molecule has 0 saturated heterocycles. The van der Waals surface area contributed by atoms with Gasteiger partial charge in [-0.1, -0.05) is 66.5 Å². The largest absolute Gasteiger partial charge is 0.384 e. The Balaban J connectivity index is 1.66. The summed E-state index contributed by atoms with van der Waals surface area (Å²) in [5.41, 5.74) is 6.21. The van der Waals surface area contributed by atoms with Gasteiger partial charge in [0.25, 0.3) is 0 Å². The second kappa shape index (κ2) is 12.3. The quantitative estimate of drug-likeness (QED) is 0.250. The SMILES string of the molecule is COCC(CC#CC#CC(C)(C)C)Cc1cccc(/C=C/c2cccc(-c3ccsc3)c2)c1. The summed E-state index contributed by atoms with van der Waals surface area (Å²) in [5.74, 6) is 12.7. The predicted molar refractivity (Wildman–Crippen MR) is 144 cm³/mol. The van der Waals surface area contributed by atoms with Gasteiger partial charge in [0.15, 0.2) is 0 Å². The maximum absolute atomic E-state index is 5.45. The average Bonchev–Trinajstić information content (AvgIpc) is 3.32. The van der Waals surface area contributed by atoms with Crippen LogP contribution in [0.5, 0.6) is 0 Å². The molecule has 3 rings (SSSR count). The van der Waals surface area contributed by atoms with Gasteiger partial charge < -0.3 is 4.74 Å². The molecule has 2 aromatic carbocycles. The number of thiophene rings is 1. The third kappa shape index (κ3) is 8.78. The molecule has 0 saturated carbocycles.